The molecule has 0 radical (unpaired) electrons. The van der Waals surface area contributed by atoms with Crippen LogP contribution < -0.4 is 0 Å². The maximum atomic E-state index is 12.7. The van der Waals surface area contributed by atoms with Gasteiger partial charge in [-0.3, -0.25) is 9.59 Å². The Bertz CT molecular complexity index is 890. The Morgan fingerprint density at radius 1 is 1.33 bits per heavy atom. The number of fused-ring (bicyclic) bond motifs is 1. The molecule has 2 saturated heterocycles. The van der Waals surface area contributed by atoms with Gasteiger partial charge in [-0.2, -0.15) is 0 Å². The van der Waals surface area contributed by atoms with Gasteiger partial charge in [-0.15, -0.1) is 11.3 Å². The second-order valence-electron chi connectivity index (χ2n) is 7.47. The average molecular weight is 387 g/mol. The number of likely N-dealkylation sites (tertiary alicyclic amines) is 1. The molecular weight excluding hydrogens is 366 g/mol. The lowest BCUT2D eigenvalue weighted by molar-refractivity contribution is -0.140. The number of carbonyl (C=O) groups is 3. The SMILES string of the molecule is CC1(C)OC(=O)N(CC(=O)N2CCCC(c3nc4ccccc4s3)C2)C1=O. The number of imide groups is 1. The zero-order valence-corrected chi connectivity index (χ0v) is 16.1. The first-order chi connectivity index (χ1) is 12.8. The largest absolute Gasteiger partial charge is 0.433 e. The number of ether oxygens (including phenoxy) is 1. The van der Waals surface area contributed by atoms with Crippen LogP contribution in [0.1, 0.15) is 37.6 Å². The predicted octanol–water partition coefficient (Wildman–Crippen LogP) is 2.76. The number of thiazole rings is 1. The van der Waals surface area contributed by atoms with Crippen LogP contribution in [0.4, 0.5) is 4.79 Å². The third kappa shape index (κ3) is 3.29. The second kappa shape index (κ2) is 6.60. The van der Waals surface area contributed by atoms with Gasteiger partial charge < -0.3 is 9.64 Å². The summed E-state index contributed by atoms with van der Waals surface area (Å²) < 4.78 is 6.19. The van der Waals surface area contributed by atoms with Crippen molar-refractivity contribution >= 4 is 39.5 Å². The molecule has 4 rings (SSSR count). The average Bonchev–Trinajstić information content (AvgIpc) is 3.16. The normalized spacial score (nSPS) is 22.4. The van der Waals surface area contributed by atoms with Gasteiger partial charge in [-0.05, 0) is 38.8 Å². The highest BCUT2D eigenvalue weighted by atomic mass is 32.1. The molecule has 8 heteroatoms. The van der Waals surface area contributed by atoms with Crippen molar-refractivity contribution in [2.45, 2.75) is 38.2 Å². The summed E-state index contributed by atoms with van der Waals surface area (Å²) in [4.78, 5) is 44.2. The van der Waals surface area contributed by atoms with Crippen molar-refractivity contribution in [3.8, 4) is 0 Å². The summed E-state index contributed by atoms with van der Waals surface area (Å²) in [5, 5.41) is 1.03. The number of hydrogen-bond donors (Lipinski definition) is 0. The molecule has 3 amide bonds. The van der Waals surface area contributed by atoms with Crippen LogP contribution in [0.2, 0.25) is 0 Å². The maximum Gasteiger partial charge on any atom is 0.418 e. The molecule has 0 aliphatic carbocycles. The van der Waals surface area contributed by atoms with E-state index < -0.39 is 17.6 Å². The molecular formula is C19H21N3O4S. The van der Waals surface area contributed by atoms with Crippen molar-refractivity contribution < 1.29 is 19.1 Å². The van der Waals surface area contributed by atoms with Gasteiger partial charge in [-0.1, -0.05) is 12.1 Å². The van der Waals surface area contributed by atoms with Crippen LogP contribution in [0.5, 0.6) is 0 Å². The molecule has 142 valence electrons. The van der Waals surface area contributed by atoms with Gasteiger partial charge in [-0.25, -0.2) is 14.7 Å². The molecule has 3 heterocycles. The summed E-state index contributed by atoms with van der Waals surface area (Å²) in [5.41, 5.74) is -0.225. The van der Waals surface area contributed by atoms with Crippen LogP contribution in [-0.4, -0.2) is 57.9 Å². The summed E-state index contributed by atoms with van der Waals surface area (Å²) in [5.74, 6) is -0.526. The Morgan fingerprint density at radius 2 is 2.11 bits per heavy atom. The van der Waals surface area contributed by atoms with Gasteiger partial charge >= 0.3 is 6.09 Å². The van der Waals surface area contributed by atoms with Crippen molar-refractivity contribution in [2.24, 2.45) is 0 Å². The molecule has 0 N–H and O–H groups in total. The topological polar surface area (TPSA) is 79.8 Å². The van der Waals surface area contributed by atoms with Crippen molar-refractivity contribution in [2.75, 3.05) is 19.6 Å². The zero-order valence-electron chi connectivity index (χ0n) is 15.3. The molecule has 2 aliphatic rings. The molecule has 27 heavy (non-hydrogen) atoms. The van der Waals surface area contributed by atoms with Crippen LogP contribution >= 0.6 is 11.3 Å². The maximum absolute atomic E-state index is 12.7. The first-order valence-electron chi connectivity index (χ1n) is 9.03. The minimum atomic E-state index is -1.21. The van der Waals surface area contributed by atoms with Crippen molar-refractivity contribution in [1.29, 1.82) is 0 Å². The fourth-order valence-electron chi connectivity index (χ4n) is 3.57. The van der Waals surface area contributed by atoms with Crippen LogP contribution in [-0.2, 0) is 14.3 Å². The van der Waals surface area contributed by atoms with E-state index in [4.69, 9.17) is 9.72 Å². The van der Waals surface area contributed by atoms with Gasteiger partial charge in [0, 0.05) is 19.0 Å². The summed E-state index contributed by atoms with van der Waals surface area (Å²) in [6.07, 6.45) is 1.09. The lowest BCUT2D eigenvalue weighted by Crippen LogP contribution is -2.47. The monoisotopic (exact) mass is 387 g/mol. The van der Waals surface area contributed by atoms with E-state index in [-0.39, 0.29) is 18.4 Å². The predicted molar refractivity (Wildman–Crippen MR) is 100 cm³/mol. The third-order valence-corrected chi connectivity index (χ3v) is 6.25. The highest BCUT2D eigenvalue weighted by molar-refractivity contribution is 7.18. The Morgan fingerprint density at radius 3 is 2.81 bits per heavy atom. The number of aromatic nitrogens is 1. The molecule has 1 aromatic carbocycles. The van der Waals surface area contributed by atoms with Crippen LogP contribution in [0.3, 0.4) is 0 Å². The molecule has 2 aromatic rings. The lowest BCUT2D eigenvalue weighted by atomic mass is 9.98. The van der Waals surface area contributed by atoms with E-state index >= 15 is 0 Å². The fraction of sp³-hybridized carbons (Fsp3) is 0.474. The molecule has 7 nitrogen and oxygen atoms in total. The van der Waals surface area contributed by atoms with Gasteiger partial charge in [0.1, 0.15) is 6.54 Å². The van der Waals surface area contributed by atoms with E-state index in [2.05, 4.69) is 6.07 Å². The Hall–Kier alpha value is -2.48. The van der Waals surface area contributed by atoms with E-state index in [1.54, 1.807) is 16.2 Å². The minimum Gasteiger partial charge on any atom is -0.433 e. The first-order valence-corrected chi connectivity index (χ1v) is 9.85. The highest BCUT2D eigenvalue weighted by Gasteiger charge is 2.48. The van der Waals surface area contributed by atoms with Gasteiger partial charge in [0.05, 0.1) is 15.2 Å². The number of hydrogen-bond acceptors (Lipinski definition) is 6. The number of cyclic esters (lactones) is 1. The standard InChI is InChI=1S/C19H21N3O4S/c1-19(2)17(24)22(18(25)26-19)11-15(23)21-9-5-6-12(10-21)16-20-13-7-3-4-8-14(13)27-16/h3-4,7-8,12H,5-6,9-11H2,1-2H3. The second-order valence-corrected chi connectivity index (χ2v) is 8.53. The van der Waals surface area contributed by atoms with E-state index in [9.17, 15) is 14.4 Å². The van der Waals surface area contributed by atoms with Crippen molar-refractivity contribution in [3.05, 3.63) is 29.3 Å². The lowest BCUT2D eigenvalue weighted by Gasteiger charge is -2.32. The molecule has 0 spiro atoms. The molecule has 0 saturated carbocycles. The molecule has 2 fully saturated rings. The molecule has 0 bridgehead atoms. The first kappa shape index (κ1) is 17.9. The Kier molecular flexibility index (Phi) is 4.38. The zero-order chi connectivity index (χ0) is 19.2. The fourth-order valence-corrected chi connectivity index (χ4v) is 4.66. The van der Waals surface area contributed by atoms with Gasteiger partial charge in [0.25, 0.3) is 5.91 Å². The summed E-state index contributed by atoms with van der Waals surface area (Å²) in [6, 6.07) is 8.01. The summed E-state index contributed by atoms with van der Waals surface area (Å²) in [7, 11) is 0. The molecule has 1 atom stereocenters. The number of nitrogens with zero attached hydrogens (tertiary/aromatic N) is 3. The van der Waals surface area contributed by atoms with Gasteiger partial charge in [0.15, 0.2) is 5.60 Å². The number of piperidine rings is 1. The van der Waals surface area contributed by atoms with Crippen molar-refractivity contribution in [3.63, 3.8) is 0 Å². The summed E-state index contributed by atoms with van der Waals surface area (Å²) >= 11 is 1.66. The number of benzene rings is 1. The molecule has 2 aliphatic heterocycles. The van der Waals surface area contributed by atoms with E-state index in [1.807, 2.05) is 18.2 Å². The van der Waals surface area contributed by atoms with Crippen LogP contribution in [0.25, 0.3) is 10.2 Å². The van der Waals surface area contributed by atoms with E-state index in [1.165, 1.54) is 13.8 Å². The summed E-state index contributed by atoms with van der Waals surface area (Å²) in [6.45, 7) is 3.97. The smallest absolute Gasteiger partial charge is 0.418 e. The van der Waals surface area contributed by atoms with Gasteiger partial charge in [0.2, 0.25) is 5.91 Å². The minimum absolute atomic E-state index is 0.178. The number of carbonyl (C=O) groups excluding carboxylic acids is 3. The quantitative estimate of drug-likeness (QED) is 0.809. The molecule has 1 aromatic heterocycles. The number of amides is 3. The van der Waals surface area contributed by atoms with E-state index in [0.29, 0.717) is 13.1 Å². The molecule has 1 unspecified atom stereocenters. The van der Waals surface area contributed by atoms with Crippen molar-refractivity contribution in [1.82, 2.24) is 14.8 Å². The Balaban J connectivity index is 1.45. The van der Waals surface area contributed by atoms with Crippen LogP contribution in [0.15, 0.2) is 24.3 Å². The number of rotatable bonds is 3. The Labute approximate surface area is 160 Å². The third-order valence-electron chi connectivity index (χ3n) is 5.05. The van der Waals surface area contributed by atoms with Crippen LogP contribution in [0, 0.1) is 0 Å². The van der Waals surface area contributed by atoms with E-state index in [0.717, 1.165) is 33.0 Å². The highest BCUT2D eigenvalue weighted by Crippen LogP contribution is 2.33. The number of para-hydroxylation sites is 1.